The van der Waals surface area contributed by atoms with E-state index in [2.05, 4.69) is 11.5 Å². The number of hydrogen-bond acceptors (Lipinski definition) is 4. The van der Waals surface area contributed by atoms with Crippen molar-refractivity contribution in [1.82, 2.24) is 4.57 Å². The molecule has 0 aliphatic heterocycles. The molecule has 1 heterocycles. The smallest absolute Gasteiger partial charge is 0.235 e. The maximum Gasteiger partial charge on any atom is 0.235 e. The fourth-order valence-corrected chi connectivity index (χ4v) is 5.18. The number of pyridine rings is 1. The van der Waals surface area contributed by atoms with Crippen molar-refractivity contribution in [1.29, 1.82) is 0 Å². The highest BCUT2D eigenvalue weighted by Gasteiger charge is 2.22. The lowest BCUT2D eigenvalue weighted by atomic mass is 10.0. The Bertz CT molecular complexity index is 1150. The van der Waals surface area contributed by atoms with Crippen molar-refractivity contribution in [2.24, 2.45) is 0 Å². The number of benzene rings is 2. The fourth-order valence-electron chi connectivity index (χ4n) is 5.18. The molecule has 0 spiro atoms. The molecule has 0 unspecified atom stereocenters. The zero-order valence-electron chi connectivity index (χ0n) is 23.3. The molecule has 3 aromatic rings. The summed E-state index contributed by atoms with van der Waals surface area (Å²) < 4.78 is 19.1. The van der Waals surface area contributed by atoms with E-state index in [1.807, 2.05) is 36.4 Å². The molecule has 37 heavy (non-hydrogen) atoms. The Morgan fingerprint density at radius 2 is 1.30 bits per heavy atom. The van der Waals surface area contributed by atoms with Crippen LogP contribution in [0.3, 0.4) is 0 Å². The molecule has 0 radical (unpaired) electrons. The molecule has 0 N–H and O–H groups in total. The van der Waals surface area contributed by atoms with Crippen molar-refractivity contribution in [3.05, 3.63) is 52.7 Å². The first kappa shape index (κ1) is 28.6. The van der Waals surface area contributed by atoms with Crippen molar-refractivity contribution in [2.75, 3.05) is 21.3 Å². The van der Waals surface area contributed by atoms with Gasteiger partial charge in [0.1, 0.15) is 11.5 Å². The van der Waals surface area contributed by atoms with Crippen LogP contribution in [0.15, 0.2) is 47.3 Å². The lowest BCUT2D eigenvalue weighted by Gasteiger charge is -2.21. The average Bonchev–Trinajstić information content (AvgIpc) is 2.94. The Morgan fingerprint density at radius 1 is 0.703 bits per heavy atom. The summed E-state index contributed by atoms with van der Waals surface area (Å²) in [6.07, 6.45) is 15.6. The maximum absolute atomic E-state index is 13.6. The summed E-state index contributed by atoms with van der Waals surface area (Å²) in [5, 5.41) is 0.527. The van der Waals surface area contributed by atoms with E-state index in [-0.39, 0.29) is 5.43 Å². The summed E-state index contributed by atoms with van der Waals surface area (Å²) in [5.74, 6) is 1.51. The third-order valence-electron chi connectivity index (χ3n) is 7.21. The number of methoxy groups -OCH3 is 3. The van der Waals surface area contributed by atoms with Gasteiger partial charge in [0.05, 0.1) is 37.9 Å². The lowest BCUT2D eigenvalue weighted by Crippen LogP contribution is -2.17. The maximum atomic E-state index is 13.6. The first-order valence-corrected chi connectivity index (χ1v) is 14.1. The Kier molecular flexibility index (Phi) is 11.9. The second kappa shape index (κ2) is 15.3. The van der Waals surface area contributed by atoms with Crippen LogP contribution in [-0.4, -0.2) is 25.9 Å². The van der Waals surface area contributed by atoms with Gasteiger partial charge in [0.2, 0.25) is 5.43 Å². The molecule has 5 heteroatoms. The van der Waals surface area contributed by atoms with E-state index in [4.69, 9.17) is 14.2 Å². The van der Waals surface area contributed by atoms with E-state index in [0.29, 0.717) is 22.6 Å². The average molecular weight is 508 g/mol. The first-order valence-electron chi connectivity index (χ1n) is 14.1. The van der Waals surface area contributed by atoms with Crippen LogP contribution >= 0.6 is 0 Å². The summed E-state index contributed by atoms with van der Waals surface area (Å²) in [5.41, 5.74) is 2.41. The van der Waals surface area contributed by atoms with Crippen LogP contribution in [-0.2, 0) is 6.54 Å². The molecule has 202 valence electrons. The minimum atomic E-state index is -0.165. The van der Waals surface area contributed by atoms with Crippen LogP contribution in [0.25, 0.3) is 22.2 Å². The normalized spacial score (nSPS) is 11.1. The quantitative estimate of drug-likeness (QED) is 0.172. The van der Waals surface area contributed by atoms with E-state index >= 15 is 0 Å². The molecule has 1 aromatic heterocycles. The number of rotatable bonds is 17. The number of unbranched alkanes of at least 4 members (excludes halogenated alkanes) is 11. The van der Waals surface area contributed by atoms with Gasteiger partial charge in [-0.15, -0.1) is 0 Å². The van der Waals surface area contributed by atoms with E-state index in [9.17, 15) is 4.79 Å². The third-order valence-corrected chi connectivity index (χ3v) is 7.21. The minimum absolute atomic E-state index is 0.165. The summed E-state index contributed by atoms with van der Waals surface area (Å²) in [7, 11) is 4.79. The van der Waals surface area contributed by atoms with Crippen LogP contribution in [0.2, 0.25) is 0 Å². The molecule has 0 saturated carbocycles. The zero-order chi connectivity index (χ0) is 26.5. The summed E-state index contributed by atoms with van der Waals surface area (Å²) in [4.78, 5) is 13.6. The molecule has 0 aliphatic carbocycles. The van der Waals surface area contributed by atoms with E-state index in [1.165, 1.54) is 64.2 Å². The van der Waals surface area contributed by atoms with Crippen molar-refractivity contribution in [3.8, 4) is 28.5 Å². The van der Waals surface area contributed by atoms with Crippen molar-refractivity contribution in [2.45, 2.75) is 90.5 Å². The van der Waals surface area contributed by atoms with E-state index in [1.54, 1.807) is 27.4 Å². The zero-order valence-corrected chi connectivity index (χ0v) is 23.3. The molecule has 0 bridgehead atoms. The van der Waals surface area contributed by atoms with Gasteiger partial charge in [-0.05, 0) is 6.42 Å². The molecule has 0 saturated heterocycles. The predicted molar refractivity (Wildman–Crippen MR) is 154 cm³/mol. The highest BCUT2D eigenvalue weighted by molar-refractivity contribution is 5.91. The van der Waals surface area contributed by atoms with Gasteiger partial charge in [0, 0.05) is 24.2 Å². The van der Waals surface area contributed by atoms with Gasteiger partial charge < -0.3 is 18.8 Å². The first-order chi connectivity index (χ1) is 18.2. The molecular weight excluding hydrogens is 462 g/mol. The van der Waals surface area contributed by atoms with Crippen LogP contribution < -0.4 is 19.6 Å². The topological polar surface area (TPSA) is 49.7 Å². The van der Waals surface area contributed by atoms with Gasteiger partial charge in [-0.3, -0.25) is 4.79 Å². The fraction of sp³-hybridized carbons (Fsp3) is 0.531. The number of aryl methyl sites for hydroxylation is 1. The second-order valence-corrected chi connectivity index (χ2v) is 9.84. The molecule has 5 nitrogen and oxygen atoms in total. The van der Waals surface area contributed by atoms with Gasteiger partial charge in [-0.1, -0.05) is 108 Å². The molecule has 0 atom stereocenters. The number of hydrogen-bond donors (Lipinski definition) is 0. The summed E-state index contributed by atoms with van der Waals surface area (Å²) >= 11 is 0. The summed E-state index contributed by atoms with van der Waals surface area (Å²) in [6, 6.07) is 13.7. The van der Waals surface area contributed by atoms with E-state index < -0.39 is 0 Å². The number of nitrogens with zero attached hydrogens (tertiary/aromatic N) is 1. The molecule has 3 rings (SSSR count). The van der Waals surface area contributed by atoms with Crippen molar-refractivity contribution < 1.29 is 14.2 Å². The Morgan fingerprint density at radius 3 is 1.84 bits per heavy atom. The van der Waals surface area contributed by atoms with Crippen molar-refractivity contribution in [3.63, 3.8) is 0 Å². The van der Waals surface area contributed by atoms with Crippen LogP contribution in [0, 0.1) is 0 Å². The largest absolute Gasteiger partial charge is 0.497 e. The molecule has 0 fully saturated rings. The van der Waals surface area contributed by atoms with Crippen molar-refractivity contribution >= 4 is 10.9 Å². The monoisotopic (exact) mass is 507 g/mol. The number of aromatic nitrogens is 1. The molecule has 0 amide bonds. The Balaban J connectivity index is 1.78. The second-order valence-electron chi connectivity index (χ2n) is 9.84. The minimum Gasteiger partial charge on any atom is -0.497 e. The SMILES string of the molecule is CCCCCCCCCCCCCCn1c(-c2ccccc2)c(OC)c(=O)c2c(OC)cc(OC)cc21. The van der Waals surface area contributed by atoms with Gasteiger partial charge in [-0.2, -0.15) is 0 Å². The van der Waals surface area contributed by atoms with Crippen LogP contribution in [0.1, 0.15) is 84.0 Å². The number of ether oxygens (including phenoxy) is 3. The molecule has 0 aliphatic rings. The molecular formula is C32H45NO4. The molecule has 2 aromatic carbocycles. The summed E-state index contributed by atoms with van der Waals surface area (Å²) in [6.45, 7) is 3.05. The van der Waals surface area contributed by atoms with Crippen LogP contribution in [0.4, 0.5) is 0 Å². The highest BCUT2D eigenvalue weighted by Crippen LogP contribution is 2.36. The van der Waals surface area contributed by atoms with Gasteiger partial charge in [-0.25, -0.2) is 0 Å². The van der Waals surface area contributed by atoms with Gasteiger partial charge in [0.25, 0.3) is 0 Å². The predicted octanol–water partition coefficient (Wildman–Crippen LogP) is 8.40. The Labute approximate surface area is 222 Å². The van der Waals surface area contributed by atoms with Crippen LogP contribution in [0.5, 0.6) is 17.2 Å². The van der Waals surface area contributed by atoms with E-state index in [0.717, 1.165) is 36.2 Å². The highest BCUT2D eigenvalue weighted by atomic mass is 16.5. The lowest BCUT2D eigenvalue weighted by molar-refractivity contribution is 0.394. The van der Waals surface area contributed by atoms with Gasteiger partial charge in [0.15, 0.2) is 5.75 Å². The standard InChI is InChI=1S/C32H45NO4/c1-5-6-7-8-9-10-11-12-13-14-15-19-22-33-27-23-26(35-2)24-28(36-3)29(27)31(34)32(37-4)30(33)25-20-17-16-18-21-25/h16-18,20-21,23-24H,5-15,19,22H2,1-4H3. The third kappa shape index (κ3) is 7.53. The Hall–Kier alpha value is -2.95. The van der Waals surface area contributed by atoms with Gasteiger partial charge >= 0.3 is 0 Å². The number of fused-ring (bicyclic) bond motifs is 1.